The lowest BCUT2D eigenvalue weighted by molar-refractivity contribution is 0.0961. The second-order valence-electron chi connectivity index (χ2n) is 5.66. The maximum Gasteiger partial charge on any atom is 0.291 e. The molecule has 0 saturated heterocycles. The Kier molecular flexibility index (Phi) is 5.37. The number of furan rings is 1. The van der Waals surface area contributed by atoms with Gasteiger partial charge in [0.2, 0.25) is 0 Å². The molecule has 2 aromatic heterocycles. The van der Waals surface area contributed by atoms with Gasteiger partial charge in [-0.1, -0.05) is 0 Å². The van der Waals surface area contributed by atoms with E-state index in [-0.39, 0.29) is 23.5 Å². The summed E-state index contributed by atoms with van der Waals surface area (Å²) in [7, 11) is 1.56. The van der Waals surface area contributed by atoms with E-state index in [2.05, 4.69) is 16.0 Å². The molecule has 0 atom stereocenters. The zero-order valence-corrected chi connectivity index (χ0v) is 15.5. The van der Waals surface area contributed by atoms with E-state index in [4.69, 9.17) is 4.42 Å². The monoisotopic (exact) mass is 383 g/mol. The molecule has 1 aromatic carbocycles. The number of amides is 3. The second kappa shape index (κ2) is 7.88. The van der Waals surface area contributed by atoms with E-state index in [9.17, 15) is 14.4 Å². The summed E-state index contributed by atoms with van der Waals surface area (Å²) in [6.07, 6.45) is 1.42. The minimum atomic E-state index is -0.377. The molecular formula is C19H17N3O4S. The van der Waals surface area contributed by atoms with E-state index < -0.39 is 0 Å². The fraction of sp³-hybridized carbons (Fsp3) is 0.105. The largest absolute Gasteiger partial charge is 0.459 e. The molecule has 3 rings (SSSR count). The SMILES string of the molecule is CNC(=O)c1ccc(NC(=O)c2sc(NC(=O)c3ccco3)cc2C)cc1. The van der Waals surface area contributed by atoms with E-state index in [0.717, 1.165) is 5.56 Å². The summed E-state index contributed by atoms with van der Waals surface area (Å²) in [6, 6.07) is 11.5. The van der Waals surface area contributed by atoms with Crippen LogP contribution in [0.4, 0.5) is 10.7 Å². The van der Waals surface area contributed by atoms with Gasteiger partial charge in [0.1, 0.15) is 0 Å². The van der Waals surface area contributed by atoms with Crippen LogP contribution in [0.3, 0.4) is 0 Å². The third-order valence-corrected chi connectivity index (χ3v) is 4.89. The van der Waals surface area contributed by atoms with Gasteiger partial charge in [-0.15, -0.1) is 11.3 Å². The van der Waals surface area contributed by atoms with Gasteiger partial charge >= 0.3 is 0 Å². The standard InChI is InChI=1S/C19H17N3O4S/c1-11-10-15(22-18(24)14-4-3-9-26-14)27-16(11)19(25)21-13-7-5-12(6-8-13)17(23)20-2/h3-10H,1-2H3,(H,20,23)(H,21,25)(H,22,24). The van der Waals surface area contributed by atoms with E-state index in [1.165, 1.54) is 17.6 Å². The average molecular weight is 383 g/mol. The molecule has 0 unspecified atom stereocenters. The number of thiophene rings is 1. The summed E-state index contributed by atoms with van der Waals surface area (Å²) in [6.45, 7) is 1.79. The summed E-state index contributed by atoms with van der Waals surface area (Å²) in [5.74, 6) is -0.663. The Hall–Kier alpha value is -3.39. The van der Waals surface area contributed by atoms with Crippen molar-refractivity contribution >= 4 is 39.7 Å². The highest BCUT2D eigenvalue weighted by Gasteiger charge is 2.17. The molecule has 0 saturated carbocycles. The molecule has 0 aliphatic heterocycles. The van der Waals surface area contributed by atoms with Crippen molar-refractivity contribution in [3.8, 4) is 0 Å². The maximum atomic E-state index is 12.5. The molecule has 8 heteroatoms. The average Bonchev–Trinajstić information content (AvgIpc) is 3.31. The van der Waals surface area contributed by atoms with E-state index >= 15 is 0 Å². The molecule has 0 radical (unpaired) electrons. The first kappa shape index (κ1) is 18.4. The van der Waals surface area contributed by atoms with Crippen LogP contribution in [0.25, 0.3) is 0 Å². The Morgan fingerprint density at radius 3 is 2.33 bits per heavy atom. The smallest absolute Gasteiger partial charge is 0.291 e. The highest BCUT2D eigenvalue weighted by atomic mass is 32.1. The predicted octanol–water partition coefficient (Wildman–Crippen LogP) is 3.51. The lowest BCUT2D eigenvalue weighted by Gasteiger charge is -2.06. The van der Waals surface area contributed by atoms with Crippen LogP contribution >= 0.6 is 11.3 Å². The van der Waals surface area contributed by atoms with Gasteiger partial charge < -0.3 is 20.4 Å². The summed E-state index contributed by atoms with van der Waals surface area (Å²) in [5.41, 5.74) is 1.82. The van der Waals surface area contributed by atoms with Crippen LogP contribution in [-0.4, -0.2) is 24.8 Å². The van der Waals surface area contributed by atoms with E-state index in [1.54, 1.807) is 56.4 Å². The summed E-state index contributed by atoms with van der Waals surface area (Å²) in [5, 5.41) is 8.59. The first-order valence-electron chi connectivity index (χ1n) is 8.06. The predicted molar refractivity (Wildman–Crippen MR) is 104 cm³/mol. The molecular weight excluding hydrogens is 366 g/mol. The van der Waals surface area contributed by atoms with Gasteiger partial charge in [-0.2, -0.15) is 0 Å². The Balaban J connectivity index is 1.69. The highest BCUT2D eigenvalue weighted by Crippen LogP contribution is 2.28. The molecule has 2 heterocycles. The van der Waals surface area contributed by atoms with Crippen molar-refractivity contribution in [2.45, 2.75) is 6.92 Å². The number of carbonyl (C=O) groups excluding carboxylic acids is 3. The van der Waals surface area contributed by atoms with Crippen LogP contribution in [-0.2, 0) is 0 Å². The molecule has 0 fully saturated rings. The van der Waals surface area contributed by atoms with Crippen molar-refractivity contribution in [2.24, 2.45) is 0 Å². The minimum Gasteiger partial charge on any atom is -0.459 e. The quantitative estimate of drug-likeness (QED) is 0.628. The van der Waals surface area contributed by atoms with Crippen LogP contribution < -0.4 is 16.0 Å². The van der Waals surface area contributed by atoms with E-state index in [1.807, 2.05) is 0 Å². The van der Waals surface area contributed by atoms with Crippen LogP contribution in [0, 0.1) is 6.92 Å². The molecule has 0 bridgehead atoms. The normalized spacial score (nSPS) is 10.3. The van der Waals surface area contributed by atoms with Gasteiger partial charge in [0, 0.05) is 18.3 Å². The van der Waals surface area contributed by atoms with E-state index in [0.29, 0.717) is 21.1 Å². The Morgan fingerprint density at radius 2 is 1.70 bits per heavy atom. The van der Waals surface area contributed by atoms with Crippen molar-refractivity contribution in [2.75, 3.05) is 17.7 Å². The minimum absolute atomic E-state index is 0.195. The lowest BCUT2D eigenvalue weighted by Crippen LogP contribution is -2.17. The maximum absolute atomic E-state index is 12.5. The number of carbonyl (C=O) groups is 3. The summed E-state index contributed by atoms with van der Waals surface area (Å²) in [4.78, 5) is 36.6. The third kappa shape index (κ3) is 4.24. The summed E-state index contributed by atoms with van der Waals surface area (Å²) < 4.78 is 5.05. The Morgan fingerprint density at radius 1 is 0.963 bits per heavy atom. The lowest BCUT2D eigenvalue weighted by atomic mass is 10.2. The summed E-state index contributed by atoms with van der Waals surface area (Å²) >= 11 is 1.17. The number of nitrogens with one attached hydrogen (secondary N) is 3. The van der Waals surface area contributed by atoms with Crippen LogP contribution in [0.2, 0.25) is 0 Å². The molecule has 0 spiro atoms. The van der Waals surface area contributed by atoms with Gasteiger partial charge in [-0.25, -0.2) is 0 Å². The first-order chi connectivity index (χ1) is 13.0. The van der Waals surface area contributed by atoms with Gasteiger partial charge in [0.25, 0.3) is 17.7 Å². The molecule has 3 amide bonds. The fourth-order valence-electron chi connectivity index (χ4n) is 2.39. The van der Waals surface area contributed by atoms with Gasteiger partial charge in [-0.05, 0) is 55.0 Å². The highest BCUT2D eigenvalue weighted by molar-refractivity contribution is 7.18. The number of anilines is 2. The molecule has 7 nitrogen and oxygen atoms in total. The third-order valence-electron chi connectivity index (χ3n) is 3.74. The number of benzene rings is 1. The molecule has 3 aromatic rings. The zero-order valence-electron chi connectivity index (χ0n) is 14.7. The van der Waals surface area contributed by atoms with Crippen molar-refractivity contribution in [3.05, 3.63) is 70.5 Å². The van der Waals surface area contributed by atoms with Crippen LogP contribution in [0.5, 0.6) is 0 Å². The second-order valence-corrected chi connectivity index (χ2v) is 6.72. The molecule has 0 aliphatic carbocycles. The number of rotatable bonds is 5. The molecule has 0 aliphatic rings. The Bertz CT molecular complexity index is 975. The first-order valence-corrected chi connectivity index (χ1v) is 8.88. The van der Waals surface area contributed by atoms with Crippen molar-refractivity contribution in [1.82, 2.24) is 5.32 Å². The van der Waals surface area contributed by atoms with Crippen LogP contribution in [0.1, 0.15) is 36.1 Å². The van der Waals surface area contributed by atoms with Crippen molar-refractivity contribution in [3.63, 3.8) is 0 Å². The topological polar surface area (TPSA) is 100 Å². The number of aryl methyl sites for hydroxylation is 1. The molecule has 3 N–H and O–H groups in total. The van der Waals surface area contributed by atoms with Crippen molar-refractivity contribution < 1.29 is 18.8 Å². The van der Waals surface area contributed by atoms with Crippen LogP contribution in [0.15, 0.2) is 53.1 Å². The van der Waals surface area contributed by atoms with Gasteiger partial charge in [0.05, 0.1) is 16.1 Å². The molecule has 27 heavy (non-hydrogen) atoms. The van der Waals surface area contributed by atoms with Gasteiger partial charge in [0.15, 0.2) is 5.76 Å². The van der Waals surface area contributed by atoms with Crippen molar-refractivity contribution in [1.29, 1.82) is 0 Å². The Labute approximate surface area is 159 Å². The number of hydrogen-bond donors (Lipinski definition) is 3. The number of hydrogen-bond acceptors (Lipinski definition) is 5. The zero-order chi connectivity index (χ0) is 19.4. The fourth-order valence-corrected chi connectivity index (χ4v) is 3.35. The van der Waals surface area contributed by atoms with Gasteiger partial charge in [-0.3, -0.25) is 14.4 Å². The molecule has 138 valence electrons.